The maximum absolute atomic E-state index is 11.8. The second-order valence-corrected chi connectivity index (χ2v) is 5.28. The van der Waals surface area contributed by atoms with Gasteiger partial charge in [0, 0.05) is 12.1 Å². The monoisotopic (exact) mass is 329 g/mol. The number of nitrogens with one attached hydrogen (secondary N) is 1. The van der Waals surface area contributed by atoms with Crippen molar-refractivity contribution in [1.82, 2.24) is 0 Å². The van der Waals surface area contributed by atoms with Gasteiger partial charge in [-0.3, -0.25) is 19.7 Å². The maximum atomic E-state index is 11.8. The zero-order valence-electron chi connectivity index (χ0n) is 12.7. The summed E-state index contributed by atoms with van der Waals surface area (Å²) in [7, 11) is 0. The van der Waals surface area contributed by atoms with Gasteiger partial charge in [-0.05, 0) is 24.8 Å². The Hall–Kier alpha value is -3.21. The molecule has 1 aliphatic rings. The normalized spacial score (nSPS) is 15.5. The van der Waals surface area contributed by atoms with E-state index in [-0.39, 0.29) is 29.3 Å². The fourth-order valence-corrected chi connectivity index (χ4v) is 2.32. The fraction of sp³-hybridized carbons (Fsp3) is 0.312. The second kappa shape index (κ2) is 7.87. The minimum atomic E-state index is -0.633. The van der Waals surface area contributed by atoms with Crippen LogP contribution in [0.4, 0.5) is 11.4 Å². The van der Waals surface area contributed by atoms with Crippen molar-refractivity contribution < 1.29 is 19.2 Å². The van der Waals surface area contributed by atoms with Crippen LogP contribution in [0, 0.1) is 27.4 Å². The van der Waals surface area contributed by atoms with Crippen molar-refractivity contribution in [2.24, 2.45) is 5.92 Å². The van der Waals surface area contributed by atoms with Crippen LogP contribution >= 0.6 is 0 Å². The predicted molar refractivity (Wildman–Crippen MR) is 83.9 cm³/mol. The molecule has 0 aliphatic heterocycles. The third-order valence-electron chi connectivity index (χ3n) is 3.51. The molecule has 0 spiro atoms. The molecule has 0 unspecified atom stereocenters. The molecule has 0 heterocycles. The molecule has 1 N–H and O–H groups in total. The van der Waals surface area contributed by atoms with Gasteiger partial charge in [-0.25, -0.2) is 0 Å². The van der Waals surface area contributed by atoms with Crippen molar-refractivity contribution in [3.05, 3.63) is 46.0 Å². The number of hydrogen-bond donors (Lipinski definition) is 1. The Bertz CT molecular complexity index is 736. The number of carbonyl (C=O) groups is 2. The average Bonchev–Trinajstić information content (AvgIpc) is 3.06. The number of carbonyl (C=O) groups excluding carboxylic acids is 2. The number of rotatable bonds is 6. The van der Waals surface area contributed by atoms with E-state index in [1.165, 1.54) is 12.1 Å². The first kappa shape index (κ1) is 17.1. The molecule has 0 radical (unpaired) electrons. The van der Waals surface area contributed by atoms with Gasteiger partial charge in [0.25, 0.3) is 11.6 Å². The molecule has 1 aromatic carbocycles. The molecule has 0 saturated carbocycles. The number of allylic oxidation sites excluding steroid dienone is 2. The predicted octanol–water partition coefficient (Wildman–Crippen LogP) is 2.30. The minimum absolute atomic E-state index is 0.0417. The molecule has 8 nitrogen and oxygen atoms in total. The topological polar surface area (TPSA) is 122 Å². The molecule has 0 fully saturated rings. The summed E-state index contributed by atoms with van der Waals surface area (Å²) in [6.07, 6.45) is 6.02. The number of ether oxygens (including phenoxy) is 1. The lowest BCUT2D eigenvalue weighted by atomic mass is 10.1. The number of hydrogen-bond acceptors (Lipinski definition) is 6. The van der Waals surface area contributed by atoms with Crippen molar-refractivity contribution >= 4 is 23.3 Å². The summed E-state index contributed by atoms with van der Waals surface area (Å²) >= 11 is 0. The first-order chi connectivity index (χ1) is 11.5. The smallest absolute Gasteiger partial charge is 0.306 e. The van der Waals surface area contributed by atoms with E-state index in [1.54, 1.807) is 6.07 Å². The Morgan fingerprint density at radius 1 is 1.46 bits per heavy atom. The van der Waals surface area contributed by atoms with Crippen LogP contribution in [0.15, 0.2) is 30.4 Å². The first-order valence-electron chi connectivity index (χ1n) is 7.30. The van der Waals surface area contributed by atoms with Crippen molar-refractivity contribution in [1.29, 1.82) is 5.26 Å². The van der Waals surface area contributed by atoms with E-state index < -0.39 is 23.4 Å². The van der Waals surface area contributed by atoms with Crippen molar-refractivity contribution in [3.8, 4) is 6.07 Å². The number of esters is 1. The van der Waals surface area contributed by atoms with Gasteiger partial charge in [-0.2, -0.15) is 5.26 Å². The van der Waals surface area contributed by atoms with E-state index in [0.29, 0.717) is 0 Å². The zero-order valence-corrected chi connectivity index (χ0v) is 12.7. The van der Waals surface area contributed by atoms with Crippen molar-refractivity contribution in [2.75, 3.05) is 11.9 Å². The van der Waals surface area contributed by atoms with Crippen LogP contribution in [0.25, 0.3) is 0 Å². The highest BCUT2D eigenvalue weighted by Crippen LogP contribution is 2.22. The van der Waals surface area contributed by atoms with E-state index in [4.69, 9.17) is 10.00 Å². The molecule has 0 aromatic heterocycles. The highest BCUT2D eigenvalue weighted by atomic mass is 16.6. The van der Waals surface area contributed by atoms with Crippen LogP contribution in [-0.4, -0.2) is 23.4 Å². The van der Waals surface area contributed by atoms with Gasteiger partial charge in [0.1, 0.15) is 6.07 Å². The molecule has 0 bridgehead atoms. The Kier molecular flexibility index (Phi) is 5.63. The number of nitriles is 1. The number of amides is 1. The van der Waals surface area contributed by atoms with Crippen LogP contribution in [0.1, 0.15) is 24.8 Å². The van der Waals surface area contributed by atoms with Gasteiger partial charge in [-0.1, -0.05) is 12.2 Å². The van der Waals surface area contributed by atoms with Crippen molar-refractivity contribution in [3.63, 3.8) is 0 Å². The Labute approximate surface area is 137 Å². The van der Waals surface area contributed by atoms with Gasteiger partial charge < -0.3 is 10.1 Å². The summed E-state index contributed by atoms with van der Waals surface area (Å²) in [5.74, 6) is -0.929. The third-order valence-corrected chi connectivity index (χ3v) is 3.51. The Morgan fingerprint density at radius 3 is 2.88 bits per heavy atom. The zero-order chi connectivity index (χ0) is 17.5. The molecule has 0 saturated heterocycles. The Morgan fingerprint density at radius 2 is 2.25 bits per heavy atom. The number of nitro groups is 1. The molecule has 24 heavy (non-hydrogen) atoms. The first-order valence-corrected chi connectivity index (χ1v) is 7.30. The highest BCUT2D eigenvalue weighted by Gasteiger charge is 2.17. The average molecular weight is 329 g/mol. The minimum Gasteiger partial charge on any atom is -0.456 e. The summed E-state index contributed by atoms with van der Waals surface area (Å²) in [6.45, 7) is -0.475. The third kappa shape index (κ3) is 4.64. The summed E-state index contributed by atoms with van der Waals surface area (Å²) in [5, 5.41) is 22.1. The van der Waals surface area contributed by atoms with Crippen LogP contribution in [0.5, 0.6) is 0 Å². The van der Waals surface area contributed by atoms with E-state index in [2.05, 4.69) is 5.32 Å². The molecule has 2 rings (SSSR count). The van der Waals surface area contributed by atoms with Crippen LogP contribution in [-0.2, 0) is 14.3 Å². The van der Waals surface area contributed by atoms with Crippen LogP contribution < -0.4 is 5.32 Å². The van der Waals surface area contributed by atoms with E-state index in [0.717, 1.165) is 18.9 Å². The molecule has 1 aromatic rings. The standard InChI is InChI=1S/C16H15N3O5/c17-9-12-8-13(19(22)23)5-6-14(12)18-15(20)10-24-16(21)7-11-3-1-2-4-11/h1,3,5-6,8,11H,2,4,7,10H2,(H,18,20)/t11-/m1/s1. The summed E-state index contributed by atoms with van der Waals surface area (Å²) in [4.78, 5) is 33.5. The van der Waals surface area contributed by atoms with Gasteiger partial charge in [0.05, 0.1) is 22.6 Å². The SMILES string of the molecule is N#Cc1cc([N+](=O)[O-])ccc1NC(=O)COC(=O)C[C@@H]1C=CCC1. The quantitative estimate of drug-likeness (QED) is 0.370. The highest BCUT2D eigenvalue weighted by molar-refractivity contribution is 5.94. The fourth-order valence-electron chi connectivity index (χ4n) is 2.32. The lowest BCUT2D eigenvalue weighted by Crippen LogP contribution is -2.22. The van der Waals surface area contributed by atoms with Crippen molar-refractivity contribution in [2.45, 2.75) is 19.3 Å². The van der Waals surface area contributed by atoms with Crippen LogP contribution in [0.2, 0.25) is 0 Å². The maximum Gasteiger partial charge on any atom is 0.306 e. The van der Waals surface area contributed by atoms with Gasteiger partial charge in [-0.15, -0.1) is 0 Å². The second-order valence-electron chi connectivity index (χ2n) is 5.28. The molecular weight excluding hydrogens is 314 g/mol. The van der Waals surface area contributed by atoms with Crippen LogP contribution in [0.3, 0.4) is 0 Å². The number of anilines is 1. The number of benzene rings is 1. The Balaban J connectivity index is 1.88. The van der Waals surface area contributed by atoms with E-state index in [1.807, 2.05) is 12.2 Å². The van der Waals surface area contributed by atoms with Gasteiger partial charge >= 0.3 is 5.97 Å². The molecule has 124 valence electrons. The lowest BCUT2D eigenvalue weighted by molar-refractivity contribution is -0.384. The van der Waals surface area contributed by atoms with E-state index in [9.17, 15) is 19.7 Å². The van der Waals surface area contributed by atoms with Gasteiger partial charge in [0.2, 0.25) is 0 Å². The number of non-ortho nitro benzene ring substituents is 1. The summed E-state index contributed by atoms with van der Waals surface area (Å²) in [5.41, 5.74) is -0.163. The molecule has 8 heteroatoms. The molecular formula is C16H15N3O5. The molecule has 1 amide bonds. The number of nitro benzene ring substituents is 1. The molecule has 1 atom stereocenters. The van der Waals surface area contributed by atoms with Gasteiger partial charge in [0.15, 0.2) is 6.61 Å². The summed E-state index contributed by atoms with van der Waals surface area (Å²) < 4.78 is 4.90. The summed E-state index contributed by atoms with van der Waals surface area (Å²) in [6, 6.07) is 5.28. The van der Waals surface area contributed by atoms with E-state index >= 15 is 0 Å². The lowest BCUT2D eigenvalue weighted by Gasteiger charge is -2.09. The molecule has 1 aliphatic carbocycles. The number of nitrogens with zero attached hydrogens (tertiary/aromatic N) is 2. The largest absolute Gasteiger partial charge is 0.456 e.